The first-order valence-electron chi connectivity index (χ1n) is 6.84. The molecule has 0 aliphatic heterocycles. The van der Waals surface area contributed by atoms with Crippen LogP contribution in [0.2, 0.25) is 0 Å². The van der Waals surface area contributed by atoms with Crippen LogP contribution in [0.4, 0.5) is 0 Å². The normalized spacial score (nSPS) is 13.8. The molecule has 2 unspecified atom stereocenters. The van der Waals surface area contributed by atoms with Crippen molar-refractivity contribution in [3.8, 4) is 0 Å². The summed E-state index contributed by atoms with van der Waals surface area (Å²) in [4.78, 5) is 23.0. The van der Waals surface area contributed by atoms with E-state index in [1.165, 1.54) is 0 Å². The predicted octanol–water partition coefficient (Wildman–Crippen LogP) is 1.60. The van der Waals surface area contributed by atoms with E-state index in [1.54, 1.807) is 25.5 Å². The number of carbonyl (C=O) groups is 2. The fraction of sp³-hybridized carbons (Fsp3) is 0.643. The molecule has 0 saturated carbocycles. The van der Waals surface area contributed by atoms with E-state index in [-0.39, 0.29) is 18.4 Å². The van der Waals surface area contributed by atoms with Crippen LogP contribution in [-0.4, -0.2) is 32.8 Å². The molecular formula is C14H23N3O3. The maximum Gasteiger partial charge on any atom is 0.307 e. The van der Waals surface area contributed by atoms with Crippen LogP contribution in [0, 0.1) is 13.8 Å². The monoisotopic (exact) mass is 281 g/mol. The van der Waals surface area contributed by atoms with E-state index in [4.69, 9.17) is 5.11 Å². The molecule has 0 spiro atoms. The Labute approximate surface area is 119 Å². The highest BCUT2D eigenvalue weighted by Gasteiger charge is 2.22. The third-order valence-corrected chi connectivity index (χ3v) is 3.55. The van der Waals surface area contributed by atoms with E-state index in [9.17, 15) is 9.59 Å². The molecule has 20 heavy (non-hydrogen) atoms. The third-order valence-electron chi connectivity index (χ3n) is 3.55. The first-order valence-corrected chi connectivity index (χ1v) is 6.84. The number of aryl methyl sites for hydroxylation is 1. The Morgan fingerprint density at radius 1 is 1.35 bits per heavy atom. The van der Waals surface area contributed by atoms with Crippen LogP contribution < -0.4 is 5.32 Å². The molecule has 2 N–H and O–H groups in total. The SMILES string of the molecule is CCC(C)NC(=O)C(C)n1nc(C)c(CC(=O)O)c1C. The van der Waals surface area contributed by atoms with Crippen molar-refractivity contribution in [2.75, 3.05) is 0 Å². The van der Waals surface area contributed by atoms with Gasteiger partial charge in [0.25, 0.3) is 0 Å². The van der Waals surface area contributed by atoms with Crippen molar-refractivity contribution in [3.05, 3.63) is 17.0 Å². The summed E-state index contributed by atoms with van der Waals surface area (Å²) in [5.74, 6) is -1.00. The zero-order valence-electron chi connectivity index (χ0n) is 12.7. The molecule has 6 heteroatoms. The van der Waals surface area contributed by atoms with Gasteiger partial charge in [0.2, 0.25) is 5.91 Å². The summed E-state index contributed by atoms with van der Waals surface area (Å²) < 4.78 is 1.60. The van der Waals surface area contributed by atoms with Gasteiger partial charge in [-0.3, -0.25) is 14.3 Å². The number of carbonyl (C=O) groups excluding carboxylic acids is 1. The number of hydrogen-bond acceptors (Lipinski definition) is 3. The number of nitrogens with zero attached hydrogens (tertiary/aromatic N) is 2. The van der Waals surface area contributed by atoms with Crippen molar-refractivity contribution in [2.24, 2.45) is 0 Å². The number of carboxylic acid groups (broad SMARTS) is 1. The molecule has 0 aromatic carbocycles. The van der Waals surface area contributed by atoms with Gasteiger partial charge in [0.15, 0.2) is 0 Å². The van der Waals surface area contributed by atoms with Gasteiger partial charge in [0, 0.05) is 17.3 Å². The summed E-state index contributed by atoms with van der Waals surface area (Å²) in [6, 6.07) is -0.342. The van der Waals surface area contributed by atoms with Gasteiger partial charge >= 0.3 is 5.97 Å². The first kappa shape index (κ1) is 16.2. The van der Waals surface area contributed by atoms with E-state index in [2.05, 4.69) is 10.4 Å². The second kappa shape index (κ2) is 6.54. The lowest BCUT2D eigenvalue weighted by atomic mass is 10.1. The van der Waals surface area contributed by atoms with Crippen LogP contribution in [0.5, 0.6) is 0 Å². The second-order valence-corrected chi connectivity index (χ2v) is 5.16. The van der Waals surface area contributed by atoms with Crippen molar-refractivity contribution in [3.63, 3.8) is 0 Å². The predicted molar refractivity (Wildman–Crippen MR) is 75.6 cm³/mol. The fourth-order valence-electron chi connectivity index (χ4n) is 2.06. The Balaban J connectivity index is 2.96. The molecule has 6 nitrogen and oxygen atoms in total. The van der Waals surface area contributed by atoms with Gasteiger partial charge < -0.3 is 10.4 Å². The van der Waals surface area contributed by atoms with Gasteiger partial charge in [-0.25, -0.2) is 0 Å². The largest absolute Gasteiger partial charge is 0.481 e. The Morgan fingerprint density at radius 3 is 2.45 bits per heavy atom. The molecule has 1 aromatic rings. The maximum atomic E-state index is 12.1. The minimum Gasteiger partial charge on any atom is -0.481 e. The zero-order valence-corrected chi connectivity index (χ0v) is 12.7. The molecule has 0 bridgehead atoms. The lowest BCUT2D eigenvalue weighted by Gasteiger charge is -2.18. The summed E-state index contributed by atoms with van der Waals surface area (Å²) in [6.07, 6.45) is 0.789. The first-order chi connectivity index (χ1) is 9.27. The molecule has 1 aromatic heterocycles. The van der Waals surface area contributed by atoms with Crippen molar-refractivity contribution < 1.29 is 14.7 Å². The number of carboxylic acids is 1. The molecule has 1 heterocycles. The molecule has 112 valence electrons. The zero-order chi connectivity index (χ0) is 15.4. The van der Waals surface area contributed by atoms with Crippen molar-refractivity contribution >= 4 is 11.9 Å². The van der Waals surface area contributed by atoms with Gasteiger partial charge in [0.05, 0.1) is 12.1 Å². The highest BCUT2D eigenvalue weighted by atomic mass is 16.4. The van der Waals surface area contributed by atoms with E-state index < -0.39 is 12.0 Å². The number of hydrogen-bond donors (Lipinski definition) is 2. The molecule has 2 atom stereocenters. The number of amides is 1. The van der Waals surface area contributed by atoms with Crippen LogP contribution in [0.15, 0.2) is 0 Å². The minimum atomic E-state index is -0.896. The van der Waals surface area contributed by atoms with Crippen molar-refractivity contribution in [1.29, 1.82) is 0 Å². The maximum absolute atomic E-state index is 12.1. The van der Waals surface area contributed by atoms with Crippen LogP contribution in [-0.2, 0) is 16.0 Å². The average Bonchev–Trinajstić information content (AvgIpc) is 2.65. The van der Waals surface area contributed by atoms with Crippen molar-refractivity contribution in [2.45, 2.75) is 59.5 Å². The van der Waals surface area contributed by atoms with Crippen LogP contribution >= 0.6 is 0 Å². The molecule has 0 fully saturated rings. The van der Waals surface area contributed by atoms with E-state index in [0.29, 0.717) is 11.3 Å². The Hall–Kier alpha value is -1.85. The topological polar surface area (TPSA) is 84.2 Å². The average molecular weight is 281 g/mol. The molecule has 0 aliphatic rings. The molecule has 1 rings (SSSR count). The lowest BCUT2D eigenvalue weighted by Crippen LogP contribution is -2.37. The third kappa shape index (κ3) is 3.59. The highest BCUT2D eigenvalue weighted by Crippen LogP contribution is 2.18. The van der Waals surface area contributed by atoms with E-state index in [0.717, 1.165) is 12.1 Å². The Kier molecular flexibility index (Phi) is 5.30. The van der Waals surface area contributed by atoms with Crippen LogP contribution in [0.1, 0.15) is 50.2 Å². The number of nitrogens with one attached hydrogen (secondary N) is 1. The second-order valence-electron chi connectivity index (χ2n) is 5.16. The smallest absolute Gasteiger partial charge is 0.307 e. The number of aromatic nitrogens is 2. The quantitative estimate of drug-likeness (QED) is 0.829. The summed E-state index contributed by atoms with van der Waals surface area (Å²) in [5.41, 5.74) is 2.07. The number of aliphatic carboxylic acids is 1. The molecule has 1 amide bonds. The van der Waals surface area contributed by atoms with Crippen molar-refractivity contribution in [1.82, 2.24) is 15.1 Å². The van der Waals surface area contributed by atoms with E-state index in [1.807, 2.05) is 13.8 Å². The van der Waals surface area contributed by atoms with Crippen LogP contribution in [0.25, 0.3) is 0 Å². The van der Waals surface area contributed by atoms with E-state index >= 15 is 0 Å². The number of rotatable bonds is 6. The van der Waals surface area contributed by atoms with Crippen LogP contribution in [0.3, 0.4) is 0 Å². The summed E-state index contributed by atoms with van der Waals surface area (Å²) >= 11 is 0. The Morgan fingerprint density at radius 2 is 1.95 bits per heavy atom. The van der Waals surface area contributed by atoms with Gasteiger partial charge in [-0.1, -0.05) is 6.92 Å². The molecule has 0 saturated heterocycles. The summed E-state index contributed by atoms with van der Waals surface area (Å²) in [6.45, 7) is 9.28. The molecular weight excluding hydrogens is 258 g/mol. The van der Waals surface area contributed by atoms with Gasteiger partial charge in [-0.15, -0.1) is 0 Å². The fourth-order valence-corrected chi connectivity index (χ4v) is 2.06. The van der Waals surface area contributed by atoms with Gasteiger partial charge in [-0.2, -0.15) is 5.10 Å². The highest BCUT2D eigenvalue weighted by molar-refractivity contribution is 5.80. The molecule has 0 radical (unpaired) electrons. The summed E-state index contributed by atoms with van der Waals surface area (Å²) in [5, 5.41) is 16.1. The minimum absolute atomic E-state index is 0.0721. The lowest BCUT2D eigenvalue weighted by molar-refractivity contribution is -0.136. The van der Waals surface area contributed by atoms with Gasteiger partial charge in [-0.05, 0) is 34.1 Å². The van der Waals surface area contributed by atoms with Gasteiger partial charge in [0.1, 0.15) is 6.04 Å². The molecule has 0 aliphatic carbocycles. The summed E-state index contributed by atoms with van der Waals surface area (Å²) in [7, 11) is 0. The standard InChI is InChI=1S/C14H23N3O3/c1-6-8(2)15-14(20)11(5)17-10(4)12(7-13(18)19)9(3)16-17/h8,11H,6-7H2,1-5H3,(H,15,20)(H,18,19). The Bertz CT molecular complexity index is 508.